The first kappa shape index (κ1) is 12.1. The van der Waals surface area contributed by atoms with E-state index in [2.05, 4.69) is 72.5 Å². The third-order valence-electron chi connectivity index (χ3n) is 2.75. The standard InChI is InChI=1S/C13H9BrIN3/c1-7-3-2-4-9(11(7)15)12-17-10-5-8(14)6-16-13(10)18-12/h2-6H,1H3,(H,16,17,18). The van der Waals surface area contributed by atoms with Crippen LogP contribution in [0, 0.1) is 10.5 Å². The molecule has 0 radical (unpaired) electrons. The third-order valence-corrected chi connectivity index (χ3v) is 4.62. The Morgan fingerprint density at radius 2 is 2.17 bits per heavy atom. The van der Waals surface area contributed by atoms with Crippen LogP contribution in [0.15, 0.2) is 34.9 Å². The lowest BCUT2D eigenvalue weighted by molar-refractivity contribution is 1.28. The maximum atomic E-state index is 4.53. The molecule has 0 aliphatic heterocycles. The summed E-state index contributed by atoms with van der Waals surface area (Å²) < 4.78 is 2.16. The Hall–Kier alpha value is -0.950. The SMILES string of the molecule is Cc1cccc(-c2nc3ncc(Br)cc3[nH]2)c1I. The summed E-state index contributed by atoms with van der Waals surface area (Å²) in [6.45, 7) is 2.10. The second kappa shape index (κ2) is 4.62. The van der Waals surface area contributed by atoms with Gasteiger partial charge in [-0.2, -0.15) is 0 Å². The van der Waals surface area contributed by atoms with Crippen LogP contribution in [0.2, 0.25) is 0 Å². The van der Waals surface area contributed by atoms with Gasteiger partial charge in [0.1, 0.15) is 5.82 Å². The molecule has 0 fully saturated rings. The molecule has 5 heteroatoms. The molecule has 0 bridgehead atoms. The van der Waals surface area contributed by atoms with E-state index in [-0.39, 0.29) is 0 Å². The van der Waals surface area contributed by atoms with E-state index >= 15 is 0 Å². The highest BCUT2D eigenvalue weighted by Crippen LogP contribution is 2.27. The molecule has 2 aromatic heterocycles. The van der Waals surface area contributed by atoms with Gasteiger partial charge >= 0.3 is 0 Å². The first-order chi connectivity index (χ1) is 8.65. The Morgan fingerprint density at radius 1 is 1.33 bits per heavy atom. The molecule has 3 rings (SSSR count). The van der Waals surface area contributed by atoms with Crippen LogP contribution in [0.25, 0.3) is 22.6 Å². The van der Waals surface area contributed by atoms with E-state index in [1.807, 2.05) is 12.1 Å². The van der Waals surface area contributed by atoms with E-state index in [1.165, 1.54) is 9.13 Å². The second-order valence-electron chi connectivity index (χ2n) is 4.05. The lowest BCUT2D eigenvalue weighted by Crippen LogP contribution is -1.88. The average Bonchev–Trinajstić information content (AvgIpc) is 2.75. The molecule has 0 saturated heterocycles. The van der Waals surface area contributed by atoms with E-state index < -0.39 is 0 Å². The van der Waals surface area contributed by atoms with E-state index in [4.69, 9.17) is 0 Å². The molecule has 1 aromatic carbocycles. The summed E-state index contributed by atoms with van der Waals surface area (Å²) in [5.41, 5.74) is 4.05. The molecule has 0 aliphatic carbocycles. The monoisotopic (exact) mass is 413 g/mol. The van der Waals surface area contributed by atoms with Crippen LogP contribution in [0.1, 0.15) is 5.56 Å². The largest absolute Gasteiger partial charge is 0.337 e. The van der Waals surface area contributed by atoms with Gasteiger partial charge in [0, 0.05) is 19.8 Å². The van der Waals surface area contributed by atoms with E-state index in [1.54, 1.807) is 6.20 Å². The highest BCUT2D eigenvalue weighted by atomic mass is 127. The Balaban J connectivity index is 2.22. The number of aryl methyl sites for hydroxylation is 1. The number of aromatic nitrogens is 3. The van der Waals surface area contributed by atoms with Crippen molar-refractivity contribution in [2.24, 2.45) is 0 Å². The number of rotatable bonds is 1. The van der Waals surface area contributed by atoms with Crippen molar-refractivity contribution in [1.82, 2.24) is 15.0 Å². The maximum Gasteiger partial charge on any atom is 0.178 e. The molecule has 0 saturated carbocycles. The van der Waals surface area contributed by atoms with Crippen LogP contribution in [0.3, 0.4) is 0 Å². The van der Waals surface area contributed by atoms with Gasteiger partial charge in [-0.3, -0.25) is 0 Å². The van der Waals surface area contributed by atoms with Crippen LogP contribution < -0.4 is 0 Å². The Morgan fingerprint density at radius 3 is 3.00 bits per heavy atom. The molecule has 0 amide bonds. The summed E-state index contributed by atoms with van der Waals surface area (Å²) in [5.74, 6) is 0.865. The van der Waals surface area contributed by atoms with Crippen molar-refractivity contribution < 1.29 is 0 Å². The molecule has 3 aromatic rings. The van der Waals surface area contributed by atoms with Crippen LogP contribution >= 0.6 is 38.5 Å². The predicted molar refractivity (Wildman–Crippen MR) is 84.5 cm³/mol. The van der Waals surface area contributed by atoms with Gasteiger partial charge in [0.25, 0.3) is 0 Å². The zero-order valence-corrected chi connectivity index (χ0v) is 13.3. The van der Waals surface area contributed by atoms with Gasteiger partial charge in [-0.15, -0.1) is 0 Å². The smallest absolute Gasteiger partial charge is 0.178 e. The van der Waals surface area contributed by atoms with Gasteiger partial charge in [0.2, 0.25) is 0 Å². The zero-order valence-electron chi connectivity index (χ0n) is 9.54. The number of H-pyrrole nitrogens is 1. The van der Waals surface area contributed by atoms with Crippen molar-refractivity contribution in [2.45, 2.75) is 6.92 Å². The number of benzene rings is 1. The minimum Gasteiger partial charge on any atom is -0.337 e. The van der Waals surface area contributed by atoms with Gasteiger partial charge in [-0.1, -0.05) is 18.2 Å². The number of aromatic amines is 1. The van der Waals surface area contributed by atoms with Gasteiger partial charge in [-0.05, 0) is 57.1 Å². The van der Waals surface area contributed by atoms with Gasteiger partial charge in [0.15, 0.2) is 5.65 Å². The van der Waals surface area contributed by atoms with E-state index in [0.29, 0.717) is 0 Å². The van der Waals surface area contributed by atoms with Crippen LogP contribution in [-0.2, 0) is 0 Å². The number of pyridine rings is 1. The van der Waals surface area contributed by atoms with Crippen molar-refractivity contribution in [2.75, 3.05) is 0 Å². The van der Waals surface area contributed by atoms with Gasteiger partial charge in [-0.25, -0.2) is 9.97 Å². The van der Waals surface area contributed by atoms with Crippen LogP contribution in [0.5, 0.6) is 0 Å². The van der Waals surface area contributed by atoms with Gasteiger partial charge in [0.05, 0.1) is 5.52 Å². The number of hydrogen-bond acceptors (Lipinski definition) is 2. The van der Waals surface area contributed by atoms with Crippen LogP contribution in [-0.4, -0.2) is 15.0 Å². The highest BCUT2D eigenvalue weighted by molar-refractivity contribution is 14.1. The summed E-state index contributed by atoms with van der Waals surface area (Å²) in [6.07, 6.45) is 1.76. The molecule has 18 heavy (non-hydrogen) atoms. The minimum atomic E-state index is 0.741. The zero-order chi connectivity index (χ0) is 12.7. The molecular weight excluding hydrogens is 405 g/mol. The van der Waals surface area contributed by atoms with Crippen molar-refractivity contribution >= 4 is 49.7 Å². The fourth-order valence-corrected chi connectivity index (χ4v) is 2.78. The summed E-state index contributed by atoms with van der Waals surface area (Å²) in [4.78, 5) is 12.1. The number of nitrogens with one attached hydrogen (secondary N) is 1. The second-order valence-corrected chi connectivity index (χ2v) is 6.04. The van der Waals surface area contributed by atoms with Crippen molar-refractivity contribution in [1.29, 1.82) is 0 Å². The Labute approximate surface area is 126 Å². The van der Waals surface area contributed by atoms with Gasteiger partial charge < -0.3 is 4.98 Å². The Kier molecular flexibility index (Phi) is 3.11. The number of hydrogen-bond donors (Lipinski definition) is 1. The van der Waals surface area contributed by atoms with E-state index in [9.17, 15) is 0 Å². The molecular formula is C13H9BrIN3. The minimum absolute atomic E-state index is 0.741. The normalized spacial score (nSPS) is 11.1. The quantitative estimate of drug-likeness (QED) is 0.604. The third kappa shape index (κ3) is 2.05. The molecule has 0 atom stereocenters. The average molecular weight is 414 g/mol. The van der Waals surface area contributed by atoms with Crippen LogP contribution in [0.4, 0.5) is 0 Å². The highest BCUT2D eigenvalue weighted by Gasteiger charge is 2.10. The fraction of sp³-hybridized carbons (Fsp3) is 0.0769. The number of imidazole rings is 1. The summed E-state index contributed by atoms with van der Waals surface area (Å²) in [6, 6.07) is 8.20. The molecule has 0 spiro atoms. The van der Waals surface area contributed by atoms with Crippen molar-refractivity contribution in [3.05, 3.63) is 44.1 Å². The topological polar surface area (TPSA) is 41.6 Å². The lowest BCUT2D eigenvalue weighted by Gasteiger charge is -2.03. The Bertz CT molecular complexity index is 736. The molecule has 0 unspecified atom stereocenters. The van der Waals surface area contributed by atoms with Crippen molar-refractivity contribution in [3.8, 4) is 11.4 Å². The summed E-state index contributed by atoms with van der Waals surface area (Å²) >= 11 is 5.76. The van der Waals surface area contributed by atoms with E-state index in [0.717, 1.165) is 27.0 Å². The van der Waals surface area contributed by atoms with Crippen molar-refractivity contribution in [3.63, 3.8) is 0 Å². The molecule has 0 aliphatic rings. The fourth-order valence-electron chi connectivity index (χ4n) is 1.83. The number of fused-ring (bicyclic) bond motifs is 1. The summed E-state index contributed by atoms with van der Waals surface area (Å²) in [5, 5.41) is 0. The first-order valence-corrected chi connectivity index (χ1v) is 7.29. The summed E-state index contributed by atoms with van der Waals surface area (Å²) in [7, 11) is 0. The molecule has 3 nitrogen and oxygen atoms in total. The predicted octanol–water partition coefficient (Wildman–Crippen LogP) is 4.30. The lowest BCUT2D eigenvalue weighted by atomic mass is 10.1. The number of halogens is 2. The molecule has 2 heterocycles. The first-order valence-electron chi connectivity index (χ1n) is 5.42. The molecule has 90 valence electrons. The maximum absolute atomic E-state index is 4.53. The molecule has 1 N–H and O–H groups in total. The number of nitrogens with zero attached hydrogens (tertiary/aromatic N) is 2.